The first-order valence-electron chi connectivity index (χ1n) is 5.05. The maximum Gasteiger partial charge on any atom is 0.109 e. The lowest BCUT2D eigenvalue weighted by molar-refractivity contribution is 0.276. The fourth-order valence-corrected chi connectivity index (χ4v) is 1.74. The van der Waals surface area contributed by atoms with Crippen LogP contribution in [-0.2, 0) is 13.0 Å². The number of nitrogens with zero attached hydrogens (tertiary/aromatic N) is 3. The number of aryl methyl sites for hydroxylation is 1. The minimum Gasteiger partial charge on any atom is -0.390 e. The van der Waals surface area contributed by atoms with Gasteiger partial charge in [0.05, 0.1) is 18.5 Å². The molecule has 2 rings (SSSR count). The second-order valence-corrected chi connectivity index (χ2v) is 3.88. The van der Waals surface area contributed by atoms with Crippen molar-refractivity contribution >= 4 is 11.6 Å². The Morgan fingerprint density at radius 1 is 1.44 bits per heavy atom. The molecule has 1 heterocycles. The van der Waals surface area contributed by atoms with Gasteiger partial charge in [0, 0.05) is 5.02 Å². The van der Waals surface area contributed by atoms with Crippen LogP contribution in [-0.4, -0.2) is 20.1 Å². The predicted molar refractivity (Wildman–Crippen MR) is 61.7 cm³/mol. The van der Waals surface area contributed by atoms with Crippen molar-refractivity contribution in [1.29, 1.82) is 0 Å². The number of hydrogen-bond donors (Lipinski definition) is 1. The van der Waals surface area contributed by atoms with Gasteiger partial charge in [0.1, 0.15) is 5.69 Å². The first-order valence-corrected chi connectivity index (χ1v) is 5.43. The Morgan fingerprint density at radius 2 is 2.25 bits per heavy atom. The van der Waals surface area contributed by atoms with Crippen LogP contribution >= 0.6 is 11.6 Å². The lowest BCUT2D eigenvalue weighted by Gasteiger charge is -2.07. The summed E-state index contributed by atoms with van der Waals surface area (Å²) in [5.41, 5.74) is 2.60. The predicted octanol–water partition coefficient (Wildman–Crippen LogP) is 1.98. The Balaban J connectivity index is 2.46. The fraction of sp³-hybridized carbons (Fsp3) is 0.273. The van der Waals surface area contributed by atoms with Crippen LogP contribution in [0, 0.1) is 0 Å². The molecule has 0 unspecified atom stereocenters. The lowest BCUT2D eigenvalue weighted by Crippen LogP contribution is -1.99. The summed E-state index contributed by atoms with van der Waals surface area (Å²) in [6.45, 7) is 1.95. The smallest absolute Gasteiger partial charge is 0.109 e. The molecule has 0 aliphatic carbocycles. The van der Waals surface area contributed by atoms with E-state index in [0.29, 0.717) is 10.7 Å². The van der Waals surface area contributed by atoms with E-state index in [1.165, 1.54) is 0 Å². The molecule has 0 spiro atoms. The largest absolute Gasteiger partial charge is 0.390 e. The third kappa shape index (κ3) is 2.08. The lowest BCUT2D eigenvalue weighted by atomic mass is 10.1. The van der Waals surface area contributed by atoms with Crippen molar-refractivity contribution in [3.8, 4) is 5.69 Å². The van der Waals surface area contributed by atoms with Crippen LogP contribution in [0.3, 0.4) is 0 Å². The summed E-state index contributed by atoms with van der Waals surface area (Å²) in [6, 6.07) is 5.63. The maximum absolute atomic E-state index is 8.93. The van der Waals surface area contributed by atoms with Gasteiger partial charge in [-0.25, -0.2) is 4.68 Å². The summed E-state index contributed by atoms with van der Waals surface area (Å²) in [5, 5.41) is 17.4. The topological polar surface area (TPSA) is 50.9 Å². The van der Waals surface area contributed by atoms with Crippen molar-refractivity contribution < 1.29 is 5.11 Å². The quantitative estimate of drug-likeness (QED) is 0.888. The number of aliphatic hydroxyl groups excluding tert-OH is 1. The summed E-state index contributed by atoms with van der Waals surface area (Å²) >= 11 is 5.93. The van der Waals surface area contributed by atoms with E-state index in [1.54, 1.807) is 10.9 Å². The summed E-state index contributed by atoms with van der Waals surface area (Å²) in [7, 11) is 0. The molecule has 0 radical (unpaired) electrons. The molecule has 1 aromatic carbocycles. The summed E-state index contributed by atoms with van der Waals surface area (Å²) in [4.78, 5) is 0. The van der Waals surface area contributed by atoms with Gasteiger partial charge in [0.15, 0.2) is 0 Å². The zero-order chi connectivity index (χ0) is 11.5. The van der Waals surface area contributed by atoms with E-state index in [9.17, 15) is 0 Å². The molecule has 4 nitrogen and oxygen atoms in total. The first-order chi connectivity index (χ1) is 7.74. The molecule has 0 aliphatic rings. The number of halogens is 1. The van der Waals surface area contributed by atoms with E-state index >= 15 is 0 Å². The summed E-state index contributed by atoms with van der Waals surface area (Å²) in [5.74, 6) is 0. The second-order valence-electron chi connectivity index (χ2n) is 3.44. The Kier molecular flexibility index (Phi) is 3.22. The Morgan fingerprint density at radius 3 is 2.88 bits per heavy atom. The van der Waals surface area contributed by atoms with Crippen LogP contribution in [0.5, 0.6) is 0 Å². The highest BCUT2D eigenvalue weighted by molar-refractivity contribution is 6.30. The molecule has 0 saturated carbocycles. The van der Waals surface area contributed by atoms with Gasteiger partial charge in [-0.05, 0) is 30.2 Å². The number of aliphatic hydroxyl groups is 1. The van der Waals surface area contributed by atoms with E-state index in [-0.39, 0.29) is 6.61 Å². The molecular weight excluding hydrogens is 226 g/mol. The standard InChI is InChI=1S/C11H12ClN3O/c1-2-8-5-9(12)3-4-11(8)15-6-10(7-16)13-14-15/h3-6,16H,2,7H2,1H3. The summed E-state index contributed by atoms with van der Waals surface area (Å²) in [6.07, 6.45) is 2.58. The minimum atomic E-state index is -0.102. The highest BCUT2D eigenvalue weighted by Crippen LogP contribution is 2.19. The average molecular weight is 238 g/mol. The third-order valence-corrected chi connectivity index (χ3v) is 2.61. The highest BCUT2D eigenvalue weighted by atomic mass is 35.5. The summed E-state index contributed by atoms with van der Waals surface area (Å²) < 4.78 is 1.65. The Hall–Kier alpha value is -1.39. The molecule has 2 aromatic rings. The SMILES string of the molecule is CCc1cc(Cl)ccc1-n1cc(CO)nn1. The van der Waals surface area contributed by atoms with Crippen molar-refractivity contribution in [2.75, 3.05) is 0 Å². The van der Waals surface area contributed by atoms with Crippen molar-refractivity contribution in [3.63, 3.8) is 0 Å². The van der Waals surface area contributed by atoms with Crippen LogP contribution in [0.15, 0.2) is 24.4 Å². The van der Waals surface area contributed by atoms with Gasteiger partial charge >= 0.3 is 0 Å². The Bertz CT molecular complexity index is 496. The van der Waals surface area contributed by atoms with Gasteiger partial charge in [0.25, 0.3) is 0 Å². The van der Waals surface area contributed by atoms with Crippen molar-refractivity contribution in [3.05, 3.63) is 40.7 Å². The third-order valence-electron chi connectivity index (χ3n) is 2.37. The first kappa shape index (κ1) is 11.1. The van der Waals surface area contributed by atoms with Crippen LogP contribution in [0.25, 0.3) is 5.69 Å². The highest BCUT2D eigenvalue weighted by Gasteiger charge is 2.06. The number of hydrogen-bond acceptors (Lipinski definition) is 3. The monoisotopic (exact) mass is 237 g/mol. The molecule has 0 saturated heterocycles. The van der Waals surface area contributed by atoms with Crippen molar-refractivity contribution in [2.24, 2.45) is 0 Å². The van der Waals surface area contributed by atoms with Crippen molar-refractivity contribution in [1.82, 2.24) is 15.0 Å². The van der Waals surface area contributed by atoms with E-state index < -0.39 is 0 Å². The normalized spacial score (nSPS) is 10.7. The average Bonchev–Trinajstić information content (AvgIpc) is 2.77. The Labute approximate surface area is 98.5 Å². The van der Waals surface area contributed by atoms with Crippen LogP contribution in [0.4, 0.5) is 0 Å². The van der Waals surface area contributed by atoms with Gasteiger partial charge in [-0.3, -0.25) is 0 Å². The molecule has 1 N–H and O–H groups in total. The fourth-order valence-electron chi connectivity index (χ4n) is 1.55. The van der Waals surface area contributed by atoms with E-state index in [1.807, 2.05) is 18.2 Å². The molecule has 0 aliphatic heterocycles. The molecule has 0 amide bonds. The van der Waals surface area contributed by atoms with Gasteiger partial charge < -0.3 is 5.11 Å². The van der Waals surface area contributed by atoms with Gasteiger partial charge in [-0.1, -0.05) is 23.7 Å². The molecular formula is C11H12ClN3O. The molecule has 84 valence electrons. The molecule has 0 fully saturated rings. The second kappa shape index (κ2) is 4.63. The van der Waals surface area contributed by atoms with E-state index in [2.05, 4.69) is 17.2 Å². The molecule has 5 heteroatoms. The van der Waals surface area contributed by atoms with Crippen LogP contribution in [0.2, 0.25) is 5.02 Å². The minimum absolute atomic E-state index is 0.102. The maximum atomic E-state index is 8.93. The van der Waals surface area contributed by atoms with E-state index in [0.717, 1.165) is 17.7 Å². The molecule has 16 heavy (non-hydrogen) atoms. The van der Waals surface area contributed by atoms with Gasteiger partial charge in [-0.2, -0.15) is 0 Å². The molecule has 0 atom stereocenters. The van der Waals surface area contributed by atoms with Gasteiger partial charge in [-0.15, -0.1) is 5.10 Å². The number of benzene rings is 1. The van der Waals surface area contributed by atoms with Crippen LogP contribution in [0.1, 0.15) is 18.2 Å². The van der Waals surface area contributed by atoms with E-state index in [4.69, 9.17) is 16.7 Å². The molecule has 0 bridgehead atoms. The number of aromatic nitrogens is 3. The van der Waals surface area contributed by atoms with Crippen molar-refractivity contribution in [2.45, 2.75) is 20.0 Å². The molecule has 1 aromatic heterocycles. The number of rotatable bonds is 3. The van der Waals surface area contributed by atoms with Gasteiger partial charge in [0.2, 0.25) is 0 Å². The zero-order valence-corrected chi connectivity index (χ0v) is 9.65. The zero-order valence-electron chi connectivity index (χ0n) is 8.89. The van der Waals surface area contributed by atoms with Crippen LogP contribution < -0.4 is 0 Å².